The van der Waals surface area contributed by atoms with Gasteiger partial charge >= 0.3 is 35.0 Å². The molecule has 0 saturated heterocycles. The maximum atomic E-state index is 14.4. The molecule has 3 aromatic heterocycles. The third kappa shape index (κ3) is 10.3. The Morgan fingerprint density at radius 1 is 0.746 bits per heavy atom. The van der Waals surface area contributed by atoms with Gasteiger partial charge in [-0.1, -0.05) is 31.9 Å². The SMILES string of the molecule is C#CC#CC#CC#CC#CC#CC#CC#CC#CC#COC(=O)CC[C@@H]1c2[nH+]c(cc3[n-]c(cc4[nH+]c(cc5[n-]c6c(c5C)C(=O)C(O)(C(=O)OC)c26)[C@H](CC)C4C)c(C(C)=O)c3C)C1C.[Mg+2]. The third-order valence-corrected chi connectivity index (χ3v) is 11.5. The quantitative estimate of drug-likeness (QED) is 0.128. The minimum atomic E-state index is -2.75. The molecular weight excluding hydrogens is 853 g/mol. The molecule has 6 rings (SSSR count). The molecule has 5 atom stereocenters. The maximum Gasteiger partial charge on any atom is 2.00 e. The van der Waals surface area contributed by atoms with Gasteiger partial charge in [0, 0.05) is 76.8 Å². The normalized spacial score (nSPS) is 17.4. The van der Waals surface area contributed by atoms with E-state index < -0.39 is 35.2 Å². The van der Waals surface area contributed by atoms with Crippen LogP contribution in [0.1, 0.15) is 131 Å². The van der Waals surface area contributed by atoms with Crippen LogP contribution in [-0.2, 0) is 24.7 Å². The van der Waals surface area contributed by atoms with Gasteiger partial charge < -0.3 is 24.5 Å². The summed E-state index contributed by atoms with van der Waals surface area (Å²) in [5.41, 5.74) is 3.27. The summed E-state index contributed by atoms with van der Waals surface area (Å²) in [6, 6.07) is 5.63. The van der Waals surface area contributed by atoms with Gasteiger partial charge in [0.15, 0.2) is 28.6 Å². The maximum absolute atomic E-state index is 14.4. The average molecular weight is 891 g/mol. The fourth-order valence-electron chi connectivity index (χ4n) is 8.34. The molecule has 11 nitrogen and oxygen atoms in total. The van der Waals surface area contributed by atoms with E-state index in [4.69, 9.17) is 25.9 Å². The number of H-pyrrole nitrogens is 2. The number of Topliss-reactive ketones (excluding diaryl/α,β-unsaturated/α-hetero) is 2. The number of aliphatic hydroxyl groups is 1. The molecule has 3 unspecified atom stereocenters. The number of methoxy groups -OCH3 is 1. The number of hydrogen-bond acceptors (Lipinski definition) is 7. The van der Waals surface area contributed by atoms with Gasteiger partial charge in [0.25, 0.3) is 5.60 Å². The Morgan fingerprint density at radius 2 is 1.25 bits per heavy atom. The molecule has 3 aliphatic rings. The van der Waals surface area contributed by atoms with Crippen LogP contribution < -0.4 is 19.9 Å². The largest absolute Gasteiger partial charge is 2.00 e. The van der Waals surface area contributed by atoms with Gasteiger partial charge in [0.05, 0.1) is 36.3 Å². The fraction of sp³-hybridized carbons (Fsp3) is 0.273. The van der Waals surface area contributed by atoms with Crippen LogP contribution in [0.2, 0.25) is 0 Å². The number of esters is 2. The van der Waals surface area contributed by atoms with Crippen LogP contribution in [0.25, 0.3) is 22.1 Å². The van der Waals surface area contributed by atoms with Crippen molar-refractivity contribution >= 4 is 68.6 Å². The second kappa shape index (κ2) is 22.1. The number of carbonyl (C=O) groups excluding carboxylic acids is 4. The molecule has 0 aromatic carbocycles. The van der Waals surface area contributed by atoms with Crippen molar-refractivity contribution in [1.29, 1.82) is 0 Å². The number of hydrogen-bond donors (Lipinski definition) is 1. The zero-order valence-corrected chi connectivity index (χ0v) is 39.2. The van der Waals surface area contributed by atoms with Crippen LogP contribution >= 0.6 is 0 Å². The number of carbonyl (C=O) groups is 4. The van der Waals surface area contributed by atoms with E-state index in [1.807, 2.05) is 32.0 Å². The number of terminal acetylenes is 1. The summed E-state index contributed by atoms with van der Waals surface area (Å²) in [6.45, 7) is 11.2. The van der Waals surface area contributed by atoms with Crippen molar-refractivity contribution < 1.29 is 43.7 Å². The zero-order valence-electron chi connectivity index (χ0n) is 37.7. The second-order valence-corrected chi connectivity index (χ2v) is 15.2. The van der Waals surface area contributed by atoms with Gasteiger partial charge in [-0.3, -0.25) is 14.4 Å². The van der Waals surface area contributed by atoms with Crippen LogP contribution in [0.5, 0.6) is 0 Å². The van der Waals surface area contributed by atoms with E-state index in [1.54, 1.807) is 6.92 Å². The van der Waals surface area contributed by atoms with E-state index in [-0.39, 0.29) is 70.2 Å². The van der Waals surface area contributed by atoms with Crippen molar-refractivity contribution in [2.75, 3.05) is 7.11 Å². The molecule has 0 fully saturated rings. The van der Waals surface area contributed by atoms with Crippen molar-refractivity contribution in [2.45, 2.75) is 90.1 Å². The van der Waals surface area contributed by atoms with Crippen molar-refractivity contribution in [2.24, 2.45) is 0 Å². The standard InChI is InChI=1S/C55H37N4O7.Mg/c1-9-11-12-13-14-15-16-17-18-19-20-21-22-23-24-25-26-27-30-66-47(61)29-28-40-35(4)42-31-43-36(5)48(38(7)60)46(57-43)33-41-34(3)39(10-2)45(56-41)32-44-37(6)49-52(59-44)50(51(40)58-42)55(64,53(49)62)54(63)65-8;/h1,31-35,39-40,64H,10,28-29H2,2-8H3,(H-,56,57,58,59,60,62);/q-1;+2/p+1/t34?,35?,39-,40+,55?;/m1./s1. The number of fused-ring (bicyclic) bond motifs is 8. The van der Waals surface area contributed by atoms with E-state index in [1.165, 1.54) is 6.92 Å². The summed E-state index contributed by atoms with van der Waals surface area (Å²) in [5.74, 6) is 40.2. The van der Waals surface area contributed by atoms with E-state index in [2.05, 4.69) is 136 Å². The van der Waals surface area contributed by atoms with Crippen LogP contribution in [0.3, 0.4) is 0 Å². The van der Waals surface area contributed by atoms with Crippen molar-refractivity contribution in [3.63, 3.8) is 0 Å². The molecule has 0 radical (unpaired) electrons. The van der Waals surface area contributed by atoms with Gasteiger partial charge in [-0.05, 0) is 99.2 Å². The number of ether oxygens (including phenoxy) is 2. The molecule has 12 heteroatoms. The second-order valence-electron chi connectivity index (χ2n) is 15.2. The molecule has 2 aliphatic heterocycles. The Kier molecular flexibility index (Phi) is 16.4. The summed E-state index contributed by atoms with van der Waals surface area (Å²) in [4.78, 5) is 71.1. The van der Waals surface area contributed by atoms with E-state index >= 15 is 0 Å². The molecule has 3 aromatic rings. The molecule has 3 N–H and O–H groups in total. The molecule has 1 aliphatic carbocycles. The fourth-order valence-corrected chi connectivity index (χ4v) is 8.34. The topological polar surface area (TPSA) is 163 Å². The monoisotopic (exact) mass is 890 g/mol. The average Bonchev–Trinajstić information content (AvgIpc) is 4.02. The third-order valence-electron chi connectivity index (χ3n) is 11.5. The molecule has 67 heavy (non-hydrogen) atoms. The Hall–Kier alpha value is -8.27. The number of aryl methyl sites for hydroxylation is 2. The van der Waals surface area contributed by atoms with Crippen molar-refractivity contribution in [3.8, 4) is 119 Å². The number of ketones is 2. The Balaban J connectivity index is 0.00000840. The Labute approximate surface area is 405 Å². The molecule has 5 heterocycles. The first kappa shape index (κ1) is 49.7. The summed E-state index contributed by atoms with van der Waals surface area (Å²) in [7, 11) is 1.09. The number of aromatic nitrogens is 4. The van der Waals surface area contributed by atoms with E-state index in [9.17, 15) is 24.3 Å². The summed E-state index contributed by atoms with van der Waals surface area (Å²) < 4.78 is 10.2. The number of nitrogens with one attached hydrogen (secondary N) is 2. The van der Waals surface area contributed by atoms with Gasteiger partial charge in [-0.2, -0.15) is 0 Å². The van der Waals surface area contributed by atoms with Crippen LogP contribution in [-0.4, -0.2) is 58.8 Å². The molecule has 0 spiro atoms. The molecular formula is C55H38MgN4O7+2. The van der Waals surface area contributed by atoms with Crippen LogP contribution in [0, 0.1) is 133 Å². The minimum Gasteiger partial charge on any atom is -0.657 e. The van der Waals surface area contributed by atoms with Gasteiger partial charge in [-0.25, -0.2) is 14.8 Å². The first-order valence-corrected chi connectivity index (χ1v) is 20.6. The van der Waals surface area contributed by atoms with Crippen LogP contribution in [0.15, 0.2) is 18.2 Å². The van der Waals surface area contributed by atoms with Crippen LogP contribution in [0.4, 0.5) is 0 Å². The molecule has 0 saturated carbocycles. The van der Waals surface area contributed by atoms with Gasteiger partial charge in [0.2, 0.25) is 5.78 Å². The smallest absolute Gasteiger partial charge is 0.657 e. The summed E-state index contributed by atoms with van der Waals surface area (Å²) in [6.07, 6.45) is 8.00. The number of aromatic amines is 2. The van der Waals surface area contributed by atoms with E-state index in [0.717, 1.165) is 24.9 Å². The van der Waals surface area contributed by atoms with Crippen molar-refractivity contribution in [1.82, 2.24) is 9.97 Å². The van der Waals surface area contributed by atoms with Crippen molar-refractivity contribution in [3.05, 3.63) is 68.8 Å². The molecule has 320 valence electrons. The molecule has 0 amide bonds. The zero-order chi connectivity index (χ0) is 47.5. The minimum absolute atomic E-state index is 0. The summed E-state index contributed by atoms with van der Waals surface area (Å²) >= 11 is 0. The first-order valence-electron chi connectivity index (χ1n) is 20.6. The first-order chi connectivity index (χ1) is 31.8. The predicted molar refractivity (Wildman–Crippen MR) is 249 cm³/mol. The van der Waals surface area contributed by atoms with Gasteiger partial charge in [-0.15, -0.1) is 28.5 Å². The summed E-state index contributed by atoms with van der Waals surface area (Å²) in [5, 5.41) is 12.3. The number of rotatable bonds is 6. The Bertz CT molecular complexity index is 3480. The van der Waals surface area contributed by atoms with Gasteiger partial charge in [0.1, 0.15) is 6.11 Å². The number of nitrogens with zero attached hydrogens (tertiary/aromatic N) is 2. The predicted octanol–water partition coefficient (Wildman–Crippen LogP) is 3.54. The van der Waals surface area contributed by atoms with E-state index in [0.29, 0.717) is 44.6 Å². The molecule has 8 bridgehead atoms. The Morgan fingerprint density at radius 3 is 1.81 bits per heavy atom.